The zero-order valence-corrected chi connectivity index (χ0v) is 20.5. The van der Waals surface area contributed by atoms with Gasteiger partial charge < -0.3 is 19.0 Å². The number of ether oxygens (including phenoxy) is 1. The largest absolute Gasteiger partial charge is 0.461 e. The van der Waals surface area contributed by atoms with Crippen LogP contribution >= 0.6 is 22.7 Å². The summed E-state index contributed by atoms with van der Waals surface area (Å²) in [4.78, 5) is 33.3. The van der Waals surface area contributed by atoms with Crippen molar-refractivity contribution in [3.05, 3.63) is 45.1 Å². The first-order valence-electron chi connectivity index (χ1n) is 11.1. The molecule has 4 aromatic heterocycles. The van der Waals surface area contributed by atoms with Crippen molar-refractivity contribution in [3.8, 4) is 10.8 Å². The maximum Gasteiger partial charge on any atom is 0.357 e. The molecule has 0 unspecified atom stereocenters. The van der Waals surface area contributed by atoms with E-state index in [9.17, 15) is 9.59 Å². The summed E-state index contributed by atoms with van der Waals surface area (Å²) >= 11 is 3.27. The number of carbonyl (C=O) groups is 2. The first-order valence-corrected chi connectivity index (χ1v) is 12.8. The molecule has 5 rings (SSSR count). The fourth-order valence-corrected chi connectivity index (χ4v) is 6.49. The van der Waals surface area contributed by atoms with E-state index < -0.39 is 5.97 Å². The molecule has 0 atom stereocenters. The number of nitrogens with one attached hydrogen (secondary N) is 1. The number of carbonyl (C=O) groups excluding carboxylic acids is 2. The number of hydrogen-bond donors (Lipinski definition) is 1. The van der Waals surface area contributed by atoms with Gasteiger partial charge in [-0.05, 0) is 56.5 Å². The molecular formula is C24H25N3O4S2. The molecule has 172 valence electrons. The van der Waals surface area contributed by atoms with Crippen LogP contribution in [0.4, 0.5) is 5.69 Å². The highest BCUT2D eigenvalue weighted by atomic mass is 32.1. The van der Waals surface area contributed by atoms with Gasteiger partial charge in [0, 0.05) is 17.2 Å². The molecule has 4 heterocycles. The quantitative estimate of drug-likeness (QED) is 0.351. The molecule has 1 N–H and O–H groups in total. The molecule has 33 heavy (non-hydrogen) atoms. The van der Waals surface area contributed by atoms with Gasteiger partial charge in [-0.2, -0.15) is 0 Å². The highest BCUT2D eigenvalue weighted by molar-refractivity contribution is 7.19. The van der Waals surface area contributed by atoms with E-state index >= 15 is 0 Å². The van der Waals surface area contributed by atoms with Gasteiger partial charge in [0.15, 0.2) is 5.69 Å². The first kappa shape index (κ1) is 21.9. The van der Waals surface area contributed by atoms with E-state index in [0.717, 1.165) is 46.5 Å². The molecule has 0 aliphatic heterocycles. The number of rotatable bonds is 6. The minimum absolute atomic E-state index is 0.215. The Balaban J connectivity index is 1.70. The Labute approximate surface area is 199 Å². The lowest BCUT2D eigenvalue weighted by Gasteiger charge is -2.13. The van der Waals surface area contributed by atoms with Crippen molar-refractivity contribution in [1.82, 2.24) is 9.55 Å². The molecule has 4 aromatic rings. The molecule has 9 heteroatoms. The fraction of sp³-hybridized carbons (Fsp3) is 0.375. The molecular weight excluding hydrogens is 458 g/mol. The summed E-state index contributed by atoms with van der Waals surface area (Å²) in [6, 6.07) is 3.93. The fourth-order valence-electron chi connectivity index (χ4n) is 4.44. The third-order valence-electron chi connectivity index (χ3n) is 5.86. The van der Waals surface area contributed by atoms with Gasteiger partial charge in [-0.3, -0.25) is 4.79 Å². The number of hydrogen-bond acceptors (Lipinski definition) is 7. The lowest BCUT2D eigenvalue weighted by molar-refractivity contribution is -0.114. The summed E-state index contributed by atoms with van der Waals surface area (Å²) in [6.07, 6.45) is 4.22. The van der Waals surface area contributed by atoms with Crippen LogP contribution in [0.5, 0.6) is 0 Å². The second kappa shape index (κ2) is 8.79. The number of aromatic nitrogens is 2. The van der Waals surface area contributed by atoms with Crippen LogP contribution in [0, 0.1) is 6.92 Å². The molecule has 0 fully saturated rings. The predicted molar refractivity (Wildman–Crippen MR) is 130 cm³/mol. The number of oxazole rings is 1. The standard InChI is InChI=1S/C24H25N3O4S2/c1-4-30-24(29)21-20(25-14(3)28)19-15-8-5-6-9-17(15)33-23(19)27(21)12-16-13(2)31-22(26-16)18-10-7-11-32-18/h7,10-11H,4-6,8-9,12H2,1-3H3,(H,25,28). The Bertz CT molecular complexity index is 1340. The monoisotopic (exact) mass is 483 g/mol. The molecule has 1 aliphatic rings. The van der Waals surface area contributed by atoms with Crippen LogP contribution in [-0.2, 0) is 28.9 Å². The molecule has 7 nitrogen and oxygen atoms in total. The van der Waals surface area contributed by atoms with Crippen LogP contribution in [0.2, 0.25) is 0 Å². The number of anilines is 1. The Hall–Kier alpha value is -2.91. The van der Waals surface area contributed by atoms with Gasteiger partial charge in [0.25, 0.3) is 0 Å². The Kier molecular flexibility index (Phi) is 5.84. The van der Waals surface area contributed by atoms with Gasteiger partial charge in [0.2, 0.25) is 11.8 Å². The SMILES string of the molecule is CCOC(=O)c1c(NC(C)=O)c2c3c(sc2n1Cc1nc(-c2cccs2)oc1C)CCCC3. The zero-order chi connectivity index (χ0) is 23.1. The smallest absolute Gasteiger partial charge is 0.357 e. The number of nitrogens with zero attached hydrogens (tertiary/aromatic N) is 2. The van der Waals surface area contributed by atoms with Gasteiger partial charge >= 0.3 is 5.97 Å². The maximum atomic E-state index is 13.1. The second-order valence-electron chi connectivity index (χ2n) is 8.10. The van der Waals surface area contributed by atoms with Gasteiger partial charge in [0.1, 0.15) is 16.3 Å². The summed E-state index contributed by atoms with van der Waals surface area (Å²) in [5.41, 5.74) is 2.91. The van der Waals surface area contributed by atoms with E-state index in [-0.39, 0.29) is 12.5 Å². The predicted octanol–water partition coefficient (Wildman–Crippen LogP) is 5.79. The molecule has 1 aliphatic carbocycles. The Morgan fingerprint density at radius 2 is 2.12 bits per heavy atom. The highest BCUT2D eigenvalue weighted by Crippen LogP contribution is 2.44. The van der Waals surface area contributed by atoms with Crippen molar-refractivity contribution >= 4 is 50.5 Å². The van der Waals surface area contributed by atoms with Crippen molar-refractivity contribution in [1.29, 1.82) is 0 Å². The number of esters is 1. The molecule has 0 spiro atoms. The average molecular weight is 484 g/mol. The number of amides is 1. The highest BCUT2D eigenvalue weighted by Gasteiger charge is 2.31. The number of aryl methyl sites for hydroxylation is 3. The van der Waals surface area contributed by atoms with Gasteiger partial charge in [-0.25, -0.2) is 9.78 Å². The molecule has 0 saturated carbocycles. The Morgan fingerprint density at radius 1 is 1.30 bits per heavy atom. The van der Waals surface area contributed by atoms with Gasteiger partial charge in [-0.15, -0.1) is 22.7 Å². The van der Waals surface area contributed by atoms with E-state index in [1.54, 1.807) is 29.6 Å². The first-order chi connectivity index (χ1) is 16.0. The van der Waals surface area contributed by atoms with Crippen molar-refractivity contribution in [3.63, 3.8) is 0 Å². The molecule has 0 saturated heterocycles. The maximum absolute atomic E-state index is 13.1. The summed E-state index contributed by atoms with van der Waals surface area (Å²) in [7, 11) is 0. The summed E-state index contributed by atoms with van der Waals surface area (Å²) in [5.74, 6) is 0.616. The molecule has 0 bridgehead atoms. The summed E-state index contributed by atoms with van der Waals surface area (Å²) in [6.45, 7) is 5.73. The summed E-state index contributed by atoms with van der Waals surface area (Å²) in [5, 5.41) is 5.89. The van der Waals surface area contributed by atoms with Crippen LogP contribution in [-0.4, -0.2) is 28.0 Å². The van der Waals surface area contributed by atoms with Crippen LogP contribution in [0.1, 0.15) is 59.1 Å². The van der Waals surface area contributed by atoms with Gasteiger partial charge in [-0.1, -0.05) is 6.07 Å². The second-order valence-corrected chi connectivity index (χ2v) is 10.1. The van der Waals surface area contributed by atoms with Crippen molar-refractivity contribution in [2.45, 2.75) is 53.0 Å². The minimum atomic E-state index is -0.450. The lowest BCUT2D eigenvalue weighted by Crippen LogP contribution is -2.17. The van der Waals surface area contributed by atoms with Crippen molar-refractivity contribution < 1.29 is 18.7 Å². The molecule has 0 aromatic carbocycles. The Morgan fingerprint density at radius 3 is 2.85 bits per heavy atom. The van der Waals surface area contributed by atoms with E-state index in [0.29, 0.717) is 29.6 Å². The number of fused-ring (bicyclic) bond motifs is 3. The van der Waals surface area contributed by atoms with Crippen molar-refractivity contribution in [2.75, 3.05) is 11.9 Å². The van der Waals surface area contributed by atoms with Crippen molar-refractivity contribution in [2.24, 2.45) is 0 Å². The normalized spacial score (nSPS) is 13.3. The van der Waals surface area contributed by atoms with E-state index in [1.165, 1.54) is 17.4 Å². The minimum Gasteiger partial charge on any atom is -0.461 e. The van der Waals surface area contributed by atoms with Crippen LogP contribution in [0.25, 0.3) is 21.0 Å². The van der Waals surface area contributed by atoms with E-state index in [4.69, 9.17) is 14.1 Å². The topological polar surface area (TPSA) is 86.4 Å². The average Bonchev–Trinajstić information content (AvgIpc) is 3.54. The third kappa shape index (κ3) is 3.89. The molecule has 0 radical (unpaired) electrons. The van der Waals surface area contributed by atoms with E-state index in [2.05, 4.69) is 5.32 Å². The lowest BCUT2D eigenvalue weighted by atomic mass is 9.96. The third-order valence-corrected chi connectivity index (χ3v) is 8.03. The van der Waals surface area contributed by atoms with Crippen LogP contribution < -0.4 is 5.32 Å². The zero-order valence-electron chi connectivity index (χ0n) is 18.8. The molecule has 1 amide bonds. The summed E-state index contributed by atoms with van der Waals surface area (Å²) < 4.78 is 13.3. The van der Waals surface area contributed by atoms with Crippen LogP contribution in [0.3, 0.4) is 0 Å². The van der Waals surface area contributed by atoms with E-state index in [1.807, 2.05) is 29.0 Å². The van der Waals surface area contributed by atoms with Crippen LogP contribution in [0.15, 0.2) is 21.9 Å². The number of thiophene rings is 2. The van der Waals surface area contributed by atoms with Gasteiger partial charge in [0.05, 0.1) is 23.7 Å².